The lowest BCUT2D eigenvalue weighted by Gasteiger charge is -2.08. The van der Waals surface area contributed by atoms with E-state index in [1.807, 2.05) is 0 Å². The quantitative estimate of drug-likeness (QED) is 0.649. The van der Waals surface area contributed by atoms with Crippen LogP contribution in [0.4, 0.5) is 8.78 Å². The first-order valence-electron chi connectivity index (χ1n) is 5.17. The largest absolute Gasteiger partial charge is 0.493 e. The maximum Gasteiger partial charge on any atom is 0.214 e. The second-order valence-corrected chi connectivity index (χ2v) is 6.12. The van der Waals surface area contributed by atoms with Crippen LogP contribution in [0.1, 0.15) is 16.1 Å². The van der Waals surface area contributed by atoms with Gasteiger partial charge >= 0.3 is 0 Å². The summed E-state index contributed by atoms with van der Waals surface area (Å²) < 4.78 is 33.3. The zero-order valence-corrected chi connectivity index (χ0v) is 14.6. The molecule has 0 saturated heterocycles. The number of ketones is 1. The number of rotatable bonds is 3. The molecular weight excluding hydrogens is 468 g/mol. The van der Waals surface area contributed by atoms with Crippen molar-refractivity contribution < 1.29 is 18.3 Å². The van der Waals surface area contributed by atoms with E-state index in [9.17, 15) is 13.6 Å². The molecule has 0 aliphatic heterocycles. The zero-order valence-electron chi connectivity index (χ0n) is 9.86. The van der Waals surface area contributed by atoms with Gasteiger partial charge in [0.1, 0.15) is 11.5 Å². The molecule has 20 heavy (non-hydrogen) atoms. The molecule has 1 aromatic carbocycles. The number of hydrogen-bond donors (Lipinski definition) is 1. The smallest absolute Gasteiger partial charge is 0.214 e. The first kappa shape index (κ1) is 15.7. The van der Waals surface area contributed by atoms with E-state index in [4.69, 9.17) is 4.74 Å². The summed E-state index contributed by atoms with van der Waals surface area (Å²) in [6, 6.07) is 1.59. The van der Waals surface area contributed by atoms with Gasteiger partial charge in [0, 0.05) is 6.07 Å². The number of aromatic amines is 1. The van der Waals surface area contributed by atoms with Crippen LogP contribution in [0.15, 0.2) is 25.7 Å². The maximum absolute atomic E-state index is 13.6. The molecular formula is C12H6Br3F2NO2. The highest BCUT2D eigenvalue weighted by molar-refractivity contribution is 9.14. The van der Waals surface area contributed by atoms with Crippen LogP contribution in [0.2, 0.25) is 0 Å². The van der Waals surface area contributed by atoms with Gasteiger partial charge in [-0.15, -0.1) is 0 Å². The monoisotopic (exact) mass is 471 g/mol. The van der Waals surface area contributed by atoms with Crippen molar-refractivity contribution in [3.05, 3.63) is 48.6 Å². The number of nitrogens with one attached hydrogen (secondary N) is 1. The Morgan fingerprint density at radius 3 is 2.35 bits per heavy atom. The van der Waals surface area contributed by atoms with Gasteiger partial charge in [-0.2, -0.15) is 0 Å². The predicted octanol–water partition coefficient (Wildman–Crippen LogP) is 4.82. The molecule has 0 saturated carbocycles. The molecule has 0 aliphatic rings. The molecule has 1 N–H and O–H groups in total. The lowest BCUT2D eigenvalue weighted by Crippen LogP contribution is -2.07. The average Bonchev–Trinajstić information content (AvgIpc) is 2.65. The van der Waals surface area contributed by atoms with Crippen molar-refractivity contribution in [1.29, 1.82) is 0 Å². The fourth-order valence-electron chi connectivity index (χ4n) is 1.65. The summed E-state index contributed by atoms with van der Waals surface area (Å²) >= 11 is 9.68. The Morgan fingerprint density at radius 2 is 1.85 bits per heavy atom. The molecule has 106 valence electrons. The topological polar surface area (TPSA) is 42.1 Å². The second-order valence-electron chi connectivity index (χ2n) is 3.74. The van der Waals surface area contributed by atoms with Crippen LogP contribution in [0.3, 0.4) is 0 Å². The summed E-state index contributed by atoms with van der Waals surface area (Å²) in [5.41, 5.74) is -0.0565. The lowest BCUT2D eigenvalue weighted by molar-refractivity contribution is 0.103. The molecule has 0 fully saturated rings. The van der Waals surface area contributed by atoms with Gasteiger partial charge in [0.2, 0.25) is 5.78 Å². The molecule has 8 heteroatoms. The predicted molar refractivity (Wildman–Crippen MR) is 80.2 cm³/mol. The number of halogens is 5. The number of benzene rings is 1. The average molecular weight is 474 g/mol. The summed E-state index contributed by atoms with van der Waals surface area (Å²) in [6.45, 7) is 0. The van der Waals surface area contributed by atoms with Gasteiger partial charge in [-0.25, -0.2) is 8.78 Å². The molecule has 0 atom stereocenters. The van der Waals surface area contributed by atoms with Gasteiger partial charge < -0.3 is 9.72 Å². The summed E-state index contributed by atoms with van der Waals surface area (Å²) in [5.74, 6) is -2.69. The molecule has 1 aromatic heterocycles. The Balaban J connectivity index is 2.61. The molecule has 1 heterocycles. The van der Waals surface area contributed by atoms with Crippen molar-refractivity contribution in [2.75, 3.05) is 7.11 Å². The highest BCUT2D eigenvalue weighted by atomic mass is 79.9. The fourth-order valence-corrected chi connectivity index (χ4v) is 3.09. The Bertz CT molecular complexity index is 700. The van der Waals surface area contributed by atoms with Crippen molar-refractivity contribution >= 4 is 53.6 Å². The summed E-state index contributed by atoms with van der Waals surface area (Å²) in [6.07, 6.45) is 0. The van der Waals surface area contributed by atoms with E-state index in [0.29, 0.717) is 19.6 Å². The Morgan fingerprint density at radius 1 is 1.20 bits per heavy atom. The molecule has 0 unspecified atom stereocenters. The fraction of sp³-hybridized carbons (Fsp3) is 0.0833. The Kier molecular flexibility index (Phi) is 4.66. The van der Waals surface area contributed by atoms with E-state index in [-0.39, 0.29) is 17.0 Å². The zero-order chi connectivity index (χ0) is 15.0. The van der Waals surface area contributed by atoms with Crippen LogP contribution in [0.5, 0.6) is 5.75 Å². The number of H-pyrrole nitrogens is 1. The van der Waals surface area contributed by atoms with Gasteiger partial charge in [0.25, 0.3) is 0 Å². The number of carbonyl (C=O) groups excluding carboxylic acids is 1. The van der Waals surface area contributed by atoms with E-state index in [0.717, 1.165) is 6.07 Å². The van der Waals surface area contributed by atoms with E-state index in [1.165, 1.54) is 7.11 Å². The Labute approximate surface area is 138 Å². The summed E-state index contributed by atoms with van der Waals surface area (Å²) in [5, 5.41) is 0. The normalized spacial score (nSPS) is 10.7. The standard InChI is InChI=1S/C12H6Br3F2NO2/c1-20-11-5(2-4(16)3-6(11)17)10(19)9-7(13)8(14)12(15)18-9/h2-3,18H,1H3. The number of methoxy groups -OCH3 is 1. The third-order valence-electron chi connectivity index (χ3n) is 2.52. The first-order chi connectivity index (χ1) is 9.36. The number of ether oxygens (including phenoxy) is 1. The molecule has 2 aromatic rings. The number of hydrogen-bond acceptors (Lipinski definition) is 2. The molecule has 0 radical (unpaired) electrons. The second kappa shape index (κ2) is 5.95. The van der Waals surface area contributed by atoms with Gasteiger partial charge in [-0.3, -0.25) is 4.79 Å². The molecule has 0 amide bonds. The first-order valence-corrected chi connectivity index (χ1v) is 7.55. The SMILES string of the molecule is COc1c(F)cc(F)cc1C(=O)c1[nH]c(Br)c(Br)c1Br. The molecule has 3 nitrogen and oxygen atoms in total. The van der Waals surface area contributed by atoms with Crippen molar-refractivity contribution in [1.82, 2.24) is 4.98 Å². The van der Waals surface area contributed by atoms with Crippen LogP contribution in [0, 0.1) is 11.6 Å². The molecule has 0 spiro atoms. The summed E-state index contributed by atoms with van der Waals surface area (Å²) in [7, 11) is 1.21. The van der Waals surface area contributed by atoms with E-state index >= 15 is 0 Å². The van der Waals surface area contributed by atoms with Crippen LogP contribution in [-0.4, -0.2) is 17.9 Å². The summed E-state index contributed by atoms with van der Waals surface area (Å²) in [4.78, 5) is 15.2. The third kappa shape index (κ3) is 2.68. The van der Waals surface area contributed by atoms with E-state index in [1.54, 1.807) is 0 Å². The number of carbonyl (C=O) groups is 1. The minimum Gasteiger partial charge on any atom is -0.493 e. The van der Waals surface area contributed by atoms with Crippen molar-refractivity contribution in [3.8, 4) is 5.75 Å². The van der Waals surface area contributed by atoms with Gasteiger partial charge in [0.05, 0.1) is 26.2 Å². The molecule has 0 bridgehead atoms. The van der Waals surface area contributed by atoms with Crippen LogP contribution >= 0.6 is 47.8 Å². The van der Waals surface area contributed by atoms with Gasteiger partial charge in [0.15, 0.2) is 11.6 Å². The van der Waals surface area contributed by atoms with Gasteiger partial charge in [-0.1, -0.05) is 0 Å². The van der Waals surface area contributed by atoms with Crippen LogP contribution in [-0.2, 0) is 0 Å². The Hall–Kier alpha value is -0.730. The van der Waals surface area contributed by atoms with Crippen LogP contribution < -0.4 is 4.74 Å². The lowest BCUT2D eigenvalue weighted by atomic mass is 10.1. The van der Waals surface area contributed by atoms with Crippen molar-refractivity contribution in [3.63, 3.8) is 0 Å². The van der Waals surface area contributed by atoms with Crippen molar-refractivity contribution in [2.45, 2.75) is 0 Å². The van der Waals surface area contributed by atoms with Crippen molar-refractivity contribution in [2.24, 2.45) is 0 Å². The third-order valence-corrected chi connectivity index (χ3v) is 5.77. The minimum atomic E-state index is -0.934. The highest BCUT2D eigenvalue weighted by Gasteiger charge is 2.24. The number of aromatic nitrogens is 1. The highest BCUT2D eigenvalue weighted by Crippen LogP contribution is 2.36. The van der Waals surface area contributed by atoms with Gasteiger partial charge in [-0.05, 0) is 53.9 Å². The van der Waals surface area contributed by atoms with E-state index < -0.39 is 17.4 Å². The maximum atomic E-state index is 13.6. The van der Waals surface area contributed by atoms with Crippen LogP contribution in [0.25, 0.3) is 0 Å². The van der Waals surface area contributed by atoms with E-state index in [2.05, 4.69) is 52.8 Å². The minimum absolute atomic E-state index is 0.145. The molecule has 0 aliphatic carbocycles. The molecule has 2 rings (SSSR count).